The second-order valence-corrected chi connectivity index (χ2v) is 11.2. The monoisotopic (exact) mass is 503 g/mol. The predicted molar refractivity (Wildman–Crippen MR) is 148 cm³/mol. The molecule has 1 heterocycles. The maximum Gasteiger partial charge on any atom is 0.254 e. The van der Waals surface area contributed by atoms with Gasteiger partial charge in [-0.3, -0.25) is 14.4 Å². The molecule has 2 aliphatic rings. The standard InChI is InChI=1S/C31H41N3O3/c1-4-5-10-25(29(32)35)26(19-20(2)3)30(36)33-28-24-13-7-6-11-22(24)23-12-8-9-14-27(23)34(31(28)37)18-17-21-15-16-21/h6-9,11-14,20-21,25-26,28H,4-5,10,15-19H2,1-3H3,(H2,32,35)(H,33,36)/t25-,26+,28?/m0/s1. The van der Waals surface area contributed by atoms with Crippen molar-refractivity contribution < 1.29 is 14.4 Å². The van der Waals surface area contributed by atoms with Crippen LogP contribution in [0.5, 0.6) is 0 Å². The molecule has 4 rings (SSSR count). The van der Waals surface area contributed by atoms with Gasteiger partial charge in [0, 0.05) is 23.9 Å². The van der Waals surface area contributed by atoms with Gasteiger partial charge in [0.15, 0.2) is 0 Å². The van der Waals surface area contributed by atoms with Crippen LogP contribution in [0.4, 0.5) is 5.69 Å². The van der Waals surface area contributed by atoms with Crippen LogP contribution in [0.1, 0.15) is 77.3 Å². The van der Waals surface area contributed by atoms with Crippen molar-refractivity contribution in [1.29, 1.82) is 0 Å². The van der Waals surface area contributed by atoms with Gasteiger partial charge in [-0.1, -0.05) is 88.9 Å². The average Bonchev–Trinajstić information content (AvgIpc) is 3.71. The van der Waals surface area contributed by atoms with E-state index in [4.69, 9.17) is 5.73 Å². The Bertz CT molecular complexity index is 1120. The number of fused-ring (bicyclic) bond motifs is 3. The van der Waals surface area contributed by atoms with Crippen molar-refractivity contribution in [2.45, 2.75) is 71.8 Å². The van der Waals surface area contributed by atoms with E-state index < -0.39 is 23.8 Å². The molecule has 1 saturated carbocycles. The molecule has 1 aliphatic heterocycles. The Morgan fingerprint density at radius 2 is 1.70 bits per heavy atom. The second-order valence-electron chi connectivity index (χ2n) is 11.2. The molecule has 0 bridgehead atoms. The fourth-order valence-electron chi connectivity index (χ4n) is 5.60. The summed E-state index contributed by atoms with van der Waals surface area (Å²) in [5.41, 5.74) is 9.43. The van der Waals surface area contributed by atoms with Crippen molar-refractivity contribution in [1.82, 2.24) is 5.32 Å². The predicted octanol–water partition coefficient (Wildman–Crippen LogP) is 5.61. The number of hydrogen-bond acceptors (Lipinski definition) is 3. The first-order chi connectivity index (χ1) is 17.8. The van der Waals surface area contributed by atoms with Gasteiger partial charge in [-0.2, -0.15) is 0 Å². The number of nitrogens with zero attached hydrogens (tertiary/aromatic N) is 1. The summed E-state index contributed by atoms with van der Waals surface area (Å²) in [5, 5.41) is 3.11. The number of rotatable bonds is 12. The van der Waals surface area contributed by atoms with Gasteiger partial charge >= 0.3 is 0 Å². The van der Waals surface area contributed by atoms with Crippen molar-refractivity contribution in [2.75, 3.05) is 11.4 Å². The number of nitrogens with two attached hydrogens (primary N) is 1. The van der Waals surface area contributed by atoms with Crippen molar-refractivity contribution in [2.24, 2.45) is 29.4 Å². The van der Waals surface area contributed by atoms with Gasteiger partial charge in [-0.15, -0.1) is 0 Å². The van der Waals surface area contributed by atoms with Crippen molar-refractivity contribution in [3.63, 3.8) is 0 Å². The largest absolute Gasteiger partial charge is 0.369 e. The Labute approximate surface area is 221 Å². The summed E-state index contributed by atoms with van der Waals surface area (Å²) in [6.45, 7) is 6.77. The molecule has 198 valence electrons. The third-order valence-electron chi connectivity index (χ3n) is 7.80. The van der Waals surface area contributed by atoms with E-state index >= 15 is 0 Å². The zero-order chi connectivity index (χ0) is 26.5. The molecule has 6 heteroatoms. The molecule has 37 heavy (non-hydrogen) atoms. The van der Waals surface area contributed by atoms with Crippen LogP contribution in [0.15, 0.2) is 48.5 Å². The molecule has 0 spiro atoms. The van der Waals surface area contributed by atoms with Crippen LogP contribution in [-0.4, -0.2) is 24.3 Å². The molecule has 3 atom stereocenters. The van der Waals surface area contributed by atoms with Gasteiger partial charge in [0.25, 0.3) is 5.91 Å². The lowest BCUT2D eigenvalue weighted by Crippen LogP contribution is -2.47. The van der Waals surface area contributed by atoms with E-state index in [2.05, 4.69) is 12.2 Å². The Balaban J connectivity index is 1.71. The number of amides is 3. The lowest BCUT2D eigenvalue weighted by atomic mass is 9.81. The Morgan fingerprint density at radius 1 is 1.03 bits per heavy atom. The Hall–Kier alpha value is -3.15. The van der Waals surface area contributed by atoms with E-state index in [1.807, 2.05) is 67.3 Å². The summed E-state index contributed by atoms with van der Waals surface area (Å²) in [6, 6.07) is 15.0. The van der Waals surface area contributed by atoms with Crippen LogP contribution in [0, 0.1) is 23.7 Å². The van der Waals surface area contributed by atoms with E-state index in [-0.39, 0.29) is 17.7 Å². The molecule has 1 aliphatic carbocycles. The van der Waals surface area contributed by atoms with Crippen molar-refractivity contribution >= 4 is 23.4 Å². The molecular formula is C31H41N3O3. The molecule has 6 nitrogen and oxygen atoms in total. The fourth-order valence-corrected chi connectivity index (χ4v) is 5.60. The lowest BCUT2D eigenvalue weighted by Gasteiger charge is -2.30. The first kappa shape index (κ1) is 26.9. The summed E-state index contributed by atoms with van der Waals surface area (Å²) in [6.07, 6.45) is 6.24. The van der Waals surface area contributed by atoms with Gasteiger partial charge in [0.05, 0.1) is 5.69 Å². The van der Waals surface area contributed by atoms with Gasteiger partial charge < -0.3 is 16.0 Å². The van der Waals surface area contributed by atoms with Crippen LogP contribution in [0.3, 0.4) is 0 Å². The number of para-hydroxylation sites is 1. The average molecular weight is 504 g/mol. The van der Waals surface area contributed by atoms with Crippen LogP contribution in [0.2, 0.25) is 0 Å². The highest BCUT2D eigenvalue weighted by molar-refractivity contribution is 6.06. The molecular weight excluding hydrogens is 462 g/mol. The van der Waals surface area contributed by atoms with E-state index in [1.54, 1.807) is 0 Å². The molecule has 3 N–H and O–H groups in total. The summed E-state index contributed by atoms with van der Waals surface area (Å²) >= 11 is 0. The van der Waals surface area contributed by atoms with Crippen molar-refractivity contribution in [3.05, 3.63) is 54.1 Å². The normalized spacial score (nSPS) is 18.5. The Morgan fingerprint density at radius 3 is 2.35 bits per heavy atom. The zero-order valence-electron chi connectivity index (χ0n) is 22.4. The van der Waals surface area contributed by atoms with Gasteiger partial charge in [0.2, 0.25) is 11.8 Å². The lowest BCUT2D eigenvalue weighted by molar-refractivity contribution is -0.136. The highest BCUT2D eigenvalue weighted by atomic mass is 16.2. The number of unbranched alkanes of at least 4 members (excludes halogenated alkanes) is 1. The van der Waals surface area contributed by atoms with Crippen molar-refractivity contribution in [3.8, 4) is 11.1 Å². The highest BCUT2D eigenvalue weighted by Crippen LogP contribution is 2.42. The minimum Gasteiger partial charge on any atom is -0.369 e. The quantitative estimate of drug-likeness (QED) is 0.394. The van der Waals surface area contributed by atoms with Gasteiger partial charge in [-0.25, -0.2) is 0 Å². The molecule has 2 aromatic carbocycles. The van der Waals surface area contributed by atoms with Crippen LogP contribution in [0.25, 0.3) is 11.1 Å². The number of anilines is 1. The third-order valence-corrected chi connectivity index (χ3v) is 7.80. The molecule has 2 aromatic rings. The van der Waals surface area contributed by atoms with Crippen LogP contribution in [-0.2, 0) is 14.4 Å². The SMILES string of the molecule is CCCC[C@H](C(N)=O)[C@@H](CC(C)C)C(=O)NC1C(=O)N(CCC2CC2)c2ccccc2-c2ccccc21. The number of benzene rings is 2. The van der Waals surface area contributed by atoms with E-state index in [9.17, 15) is 14.4 Å². The fraction of sp³-hybridized carbons (Fsp3) is 0.516. The maximum atomic E-state index is 14.2. The number of carbonyl (C=O) groups is 3. The number of hydrogen-bond donors (Lipinski definition) is 2. The first-order valence-corrected chi connectivity index (χ1v) is 13.9. The molecule has 0 saturated heterocycles. The first-order valence-electron chi connectivity index (χ1n) is 13.9. The molecule has 3 amide bonds. The van der Waals surface area contributed by atoms with E-state index in [1.165, 1.54) is 12.8 Å². The summed E-state index contributed by atoms with van der Waals surface area (Å²) < 4.78 is 0. The minimum absolute atomic E-state index is 0.126. The maximum absolute atomic E-state index is 14.2. The highest BCUT2D eigenvalue weighted by Gasteiger charge is 2.39. The van der Waals surface area contributed by atoms with E-state index in [0.717, 1.165) is 41.6 Å². The topological polar surface area (TPSA) is 92.5 Å². The summed E-state index contributed by atoms with van der Waals surface area (Å²) in [7, 11) is 0. The van der Waals surface area contributed by atoms with Gasteiger partial charge in [0.1, 0.15) is 6.04 Å². The minimum atomic E-state index is -0.829. The van der Waals surface area contributed by atoms with Crippen LogP contribution < -0.4 is 16.0 Å². The smallest absolute Gasteiger partial charge is 0.254 e. The third kappa shape index (κ3) is 6.23. The van der Waals surface area contributed by atoms with Crippen LogP contribution >= 0.6 is 0 Å². The number of carbonyl (C=O) groups excluding carboxylic acids is 3. The molecule has 0 aromatic heterocycles. The molecule has 1 unspecified atom stereocenters. The van der Waals surface area contributed by atoms with Gasteiger partial charge in [-0.05, 0) is 48.3 Å². The van der Waals surface area contributed by atoms with E-state index in [0.29, 0.717) is 25.3 Å². The number of primary amides is 1. The molecule has 1 fully saturated rings. The Kier molecular flexibility index (Phi) is 8.67. The summed E-state index contributed by atoms with van der Waals surface area (Å²) in [5.74, 6) is -1.09. The second kappa shape index (κ2) is 11.9. The molecule has 0 radical (unpaired) electrons. The number of nitrogens with one attached hydrogen (secondary N) is 1. The summed E-state index contributed by atoms with van der Waals surface area (Å²) in [4.78, 5) is 42.4. The zero-order valence-corrected chi connectivity index (χ0v) is 22.4.